The van der Waals surface area contributed by atoms with E-state index in [1.807, 2.05) is 19.2 Å². The highest BCUT2D eigenvalue weighted by Crippen LogP contribution is 2.24. The molecule has 0 aliphatic heterocycles. The molecule has 2 atom stereocenters. The van der Waals surface area contributed by atoms with Crippen LogP contribution in [0.5, 0.6) is 0 Å². The molecule has 0 unspecified atom stereocenters. The molecule has 4 nitrogen and oxygen atoms in total. The van der Waals surface area contributed by atoms with Crippen LogP contribution < -0.4 is 5.32 Å². The largest absolute Gasteiger partial charge is 0.378 e. The number of thiazole rings is 1. The van der Waals surface area contributed by atoms with Crippen LogP contribution in [0.3, 0.4) is 0 Å². The van der Waals surface area contributed by atoms with Gasteiger partial charge < -0.3 is 10.4 Å². The van der Waals surface area contributed by atoms with E-state index in [0.717, 1.165) is 10.7 Å². The highest BCUT2D eigenvalue weighted by Gasteiger charge is 2.21. The van der Waals surface area contributed by atoms with Crippen molar-refractivity contribution in [2.45, 2.75) is 26.0 Å². The van der Waals surface area contributed by atoms with Gasteiger partial charge in [-0.05, 0) is 37.6 Å². The van der Waals surface area contributed by atoms with E-state index in [-0.39, 0.29) is 6.04 Å². The quantitative estimate of drug-likeness (QED) is 0.889. The van der Waals surface area contributed by atoms with Gasteiger partial charge in [-0.1, -0.05) is 23.2 Å². The van der Waals surface area contributed by atoms with Crippen LogP contribution in [0.1, 0.15) is 35.3 Å². The number of aliphatic hydroxyl groups excluding tert-OH is 1. The highest BCUT2D eigenvalue weighted by molar-refractivity contribution is 7.09. The number of benzene rings is 1. The number of aryl methyl sites for hydroxylation is 1. The van der Waals surface area contributed by atoms with Crippen molar-refractivity contribution in [3.8, 4) is 0 Å². The molecule has 1 aromatic carbocycles. The monoisotopic (exact) mass is 344 g/mol. The Morgan fingerprint density at radius 2 is 1.95 bits per heavy atom. The molecular formula is C14H14Cl2N2O2S. The Balaban J connectivity index is 2.08. The Kier molecular flexibility index (Phi) is 5.22. The number of nitrogens with one attached hydrogen (secondary N) is 1. The first-order valence-electron chi connectivity index (χ1n) is 6.23. The van der Waals surface area contributed by atoms with Gasteiger partial charge in [0.2, 0.25) is 0 Å². The molecule has 2 N–H and O–H groups in total. The van der Waals surface area contributed by atoms with Crippen LogP contribution in [-0.2, 0) is 4.79 Å². The normalized spacial score (nSPS) is 13.8. The Labute approximate surface area is 136 Å². The molecule has 0 saturated heterocycles. The molecule has 21 heavy (non-hydrogen) atoms. The van der Waals surface area contributed by atoms with E-state index in [2.05, 4.69) is 10.3 Å². The standard InChI is InChI=1S/C14H14Cl2N2O2S/c1-7(12-6-21-8(2)18-12)17-14(20)13(19)9-3-10(15)5-11(16)4-9/h3-7,13,19H,1-2H3,(H,17,20)/t7-,13-/m1/s1. The lowest BCUT2D eigenvalue weighted by molar-refractivity contribution is -0.130. The number of rotatable bonds is 4. The maximum atomic E-state index is 12.1. The van der Waals surface area contributed by atoms with Gasteiger partial charge in [-0.2, -0.15) is 0 Å². The fourth-order valence-corrected chi connectivity index (χ4v) is 3.08. The van der Waals surface area contributed by atoms with Crippen LogP contribution in [0.15, 0.2) is 23.6 Å². The number of nitrogens with zero attached hydrogens (tertiary/aromatic N) is 1. The van der Waals surface area contributed by atoms with Gasteiger partial charge in [0.25, 0.3) is 5.91 Å². The fourth-order valence-electron chi connectivity index (χ4n) is 1.83. The van der Waals surface area contributed by atoms with Gasteiger partial charge in [0.15, 0.2) is 6.10 Å². The minimum absolute atomic E-state index is 0.285. The summed E-state index contributed by atoms with van der Waals surface area (Å²) >= 11 is 13.2. The van der Waals surface area contributed by atoms with E-state index in [4.69, 9.17) is 23.2 Å². The van der Waals surface area contributed by atoms with Crippen LogP contribution in [0.25, 0.3) is 0 Å². The van der Waals surface area contributed by atoms with E-state index in [1.54, 1.807) is 0 Å². The third-order valence-corrected chi connectivity index (χ3v) is 4.12. The fraction of sp³-hybridized carbons (Fsp3) is 0.286. The van der Waals surface area contributed by atoms with Crippen molar-refractivity contribution in [2.75, 3.05) is 0 Å². The lowest BCUT2D eigenvalue weighted by Gasteiger charge is -2.16. The first-order valence-corrected chi connectivity index (χ1v) is 7.87. The molecule has 112 valence electrons. The third kappa shape index (κ3) is 4.17. The molecule has 2 aromatic rings. The van der Waals surface area contributed by atoms with E-state index < -0.39 is 12.0 Å². The molecule has 0 fully saturated rings. The van der Waals surface area contributed by atoms with Crippen molar-refractivity contribution in [1.82, 2.24) is 10.3 Å². The topological polar surface area (TPSA) is 62.2 Å². The van der Waals surface area contributed by atoms with Gasteiger partial charge in [0.1, 0.15) is 0 Å². The maximum absolute atomic E-state index is 12.1. The van der Waals surface area contributed by atoms with Crippen molar-refractivity contribution in [3.05, 3.63) is 49.9 Å². The van der Waals surface area contributed by atoms with E-state index in [9.17, 15) is 9.90 Å². The van der Waals surface area contributed by atoms with E-state index in [0.29, 0.717) is 15.6 Å². The Bertz CT molecular complexity index is 640. The zero-order valence-electron chi connectivity index (χ0n) is 11.4. The summed E-state index contributed by atoms with van der Waals surface area (Å²) in [7, 11) is 0. The molecule has 1 aromatic heterocycles. The molecule has 2 rings (SSSR count). The molecule has 1 heterocycles. The summed E-state index contributed by atoms with van der Waals surface area (Å²) in [5.74, 6) is -0.522. The zero-order chi connectivity index (χ0) is 15.6. The van der Waals surface area contributed by atoms with E-state index >= 15 is 0 Å². The molecule has 1 amide bonds. The maximum Gasteiger partial charge on any atom is 0.254 e. The lowest BCUT2D eigenvalue weighted by Crippen LogP contribution is -2.31. The summed E-state index contributed by atoms with van der Waals surface area (Å²) in [5, 5.41) is 16.3. The van der Waals surface area contributed by atoms with E-state index in [1.165, 1.54) is 29.5 Å². The number of hydrogen-bond donors (Lipinski definition) is 2. The van der Waals surface area contributed by atoms with Crippen LogP contribution in [0.2, 0.25) is 10.0 Å². The number of halogens is 2. The molecule has 0 aliphatic carbocycles. The lowest BCUT2D eigenvalue weighted by atomic mass is 10.1. The van der Waals surface area contributed by atoms with Gasteiger partial charge in [-0.25, -0.2) is 4.98 Å². The van der Waals surface area contributed by atoms with Crippen LogP contribution in [-0.4, -0.2) is 16.0 Å². The second kappa shape index (κ2) is 6.75. The zero-order valence-corrected chi connectivity index (χ0v) is 13.8. The Morgan fingerprint density at radius 3 is 2.48 bits per heavy atom. The van der Waals surface area contributed by atoms with Crippen molar-refractivity contribution >= 4 is 40.4 Å². The minimum Gasteiger partial charge on any atom is -0.378 e. The van der Waals surface area contributed by atoms with Crippen LogP contribution in [0.4, 0.5) is 0 Å². The summed E-state index contributed by atoms with van der Waals surface area (Å²) in [6.45, 7) is 3.70. The molecule has 0 spiro atoms. The molecular weight excluding hydrogens is 331 g/mol. The summed E-state index contributed by atoms with van der Waals surface area (Å²) in [6.07, 6.45) is -1.33. The first-order chi connectivity index (χ1) is 9.86. The summed E-state index contributed by atoms with van der Waals surface area (Å²) in [6, 6.07) is 4.27. The minimum atomic E-state index is -1.33. The number of carbonyl (C=O) groups excluding carboxylic acids is 1. The number of hydrogen-bond acceptors (Lipinski definition) is 4. The van der Waals surface area contributed by atoms with Crippen molar-refractivity contribution in [1.29, 1.82) is 0 Å². The second-order valence-corrected chi connectivity index (χ2v) is 6.56. The average Bonchev–Trinajstić information content (AvgIpc) is 2.83. The smallest absolute Gasteiger partial charge is 0.254 e. The van der Waals surface area contributed by atoms with Gasteiger partial charge in [-0.15, -0.1) is 11.3 Å². The molecule has 0 aliphatic rings. The number of carbonyl (C=O) groups is 1. The van der Waals surface area contributed by atoms with Crippen molar-refractivity contribution < 1.29 is 9.90 Å². The second-order valence-electron chi connectivity index (χ2n) is 4.63. The van der Waals surface area contributed by atoms with Gasteiger partial charge >= 0.3 is 0 Å². The van der Waals surface area contributed by atoms with Gasteiger partial charge in [-0.3, -0.25) is 4.79 Å². The molecule has 0 radical (unpaired) electrons. The number of aromatic nitrogens is 1. The molecule has 0 bridgehead atoms. The van der Waals surface area contributed by atoms with Gasteiger partial charge in [0.05, 0.1) is 16.7 Å². The Hall–Kier alpha value is -1.14. The summed E-state index contributed by atoms with van der Waals surface area (Å²) in [5.41, 5.74) is 1.12. The third-order valence-electron chi connectivity index (χ3n) is 2.89. The van der Waals surface area contributed by atoms with Crippen molar-refractivity contribution in [2.24, 2.45) is 0 Å². The average molecular weight is 345 g/mol. The van der Waals surface area contributed by atoms with Gasteiger partial charge in [0, 0.05) is 15.4 Å². The van der Waals surface area contributed by atoms with Crippen LogP contribution in [0, 0.1) is 6.92 Å². The van der Waals surface area contributed by atoms with Crippen LogP contribution >= 0.6 is 34.5 Å². The number of amides is 1. The summed E-state index contributed by atoms with van der Waals surface area (Å²) in [4.78, 5) is 16.4. The highest BCUT2D eigenvalue weighted by atomic mass is 35.5. The summed E-state index contributed by atoms with van der Waals surface area (Å²) < 4.78 is 0. The predicted molar refractivity (Wildman–Crippen MR) is 84.8 cm³/mol. The molecule has 0 saturated carbocycles. The number of aliphatic hydroxyl groups is 1. The first kappa shape index (κ1) is 16.2. The Morgan fingerprint density at radius 1 is 1.33 bits per heavy atom. The predicted octanol–water partition coefficient (Wildman–Crippen LogP) is 3.67. The van der Waals surface area contributed by atoms with Crippen molar-refractivity contribution in [3.63, 3.8) is 0 Å². The SMILES string of the molecule is Cc1nc([C@@H](C)NC(=O)[C@H](O)c2cc(Cl)cc(Cl)c2)cs1. The molecule has 7 heteroatoms.